The fourth-order valence-corrected chi connectivity index (χ4v) is 3.79. The van der Waals surface area contributed by atoms with Gasteiger partial charge in [0.15, 0.2) is 0 Å². The Hall–Kier alpha value is -1.20. The topological polar surface area (TPSA) is 15.7 Å². The number of hydrogen-bond donors (Lipinski definition) is 0. The molecule has 0 atom stereocenters. The minimum Gasteiger partial charge on any atom is -0.378 e. The van der Waals surface area contributed by atoms with Crippen molar-refractivity contribution >= 4 is 34.7 Å². The Kier molecular flexibility index (Phi) is 5.49. The Bertz CT molecular complexity index is 678. The van der Waals surface area contributed by atoms with Crippen LogP contribution >= 0.6 is 23.4 Å². The molecule has 0 fully saturated rings. The summed E-state index contributed by atoms with van der Waals surface area (Å²) in [5, 5.41) is 0.766. The molecule has 2 aromatic carbocycles. The molecule has 3 rings (SSSR count). The van der Waals surface area contributed by atoms with Gasteiger partial charge < -0.3 is 14.5 Å². The molecule has 0 amide bonds. The van der Waals surface area contributed by atoms with Gasteiger partial charge >= 0.3 is 0 Å². The summed E-state index contributed by atoms with van der Waals surface area (Å²) >= 11 is 8.01. The summed E-state index contributed by atoms with van der Waals surface area (Å²) in [7, 11) is 4.11. The molecule has 1 aliphatic rings. The van der Waals surface area contributed by atoms with Gasteiger partial charge in [-0.25, -0.2) is 0 Å². The van der Waals surface area contributed by atoms with Crippen molar-refractivity contribution in [1.29, 1.82) is 0 Å². The molecule has 2 aromatic rings. The molecule has 0 aliphatic carbocycles. The quantitative estimate of drug-likeness (QED) is 0.713. The second kappa shape index (κ2) is 7.58. The zero-order valence-electron chi connectivity index (χ0n) is 13.5. The standard InChI is InChI=1S/C18H21ClN2OS/c1-20(2)9-11-22-12-10-21-15-5-3-4-6-17(15)23-18-8-7-14(19)13-16(18)21/h3-8,13H,9-12H2,1-2H3. The van der Waals surface area contributed by atoms with Crippen molar-refractivity contribution in [2.24, 2.45) is 0 Å². The van der Waals surface area contributed by atoms with E-state index in [1.807, 2.05) is 12.1 Å². The molecule has 0 aromatic heterocycles. The monoisotopic (exact) mass is 348 g/mol. The third-order valence-electron chi connectivity index (χ3n) is 3.73. The molecule has 0 spiro atoms. The molecule has 1 heterocycles. The number of rotatable bonds is 6. The Morgan fingerprint density at radius 1 is 1.04 bits per heavy atom. The number of halogens is 1. The van der Waals surface area contributed by atoms with Gasteiger partial charge in [-0.05, 0) is 44.4 Å². The number of benzene rings is 2. The highest BCUT2D eigenvalue weighted by Crippen LogP contribution is 2.48. The second-order valence-electron chi connectivity index (χ2n) is 5.75. The highest BCUT2D eigenvalue weighted by Gasteiger charge is 2.23. The highest BCUT2D eigenvalue weighted by molar-refractivity contribution is 7.99. The molecule has 122 valence electrons. The van der Waals surface area contributed by atoms with Crippen molar-refractivity contribution in [3.63, 3.8) is 0 Å². The molecule has 0 radical (unpaired) electrons. The Balaban J connectivity index is 1.77. The Morgan fingerprint density at radius 3 is 2.65 bits per heavy atom. The number of likely N-dealkylation sites (N-methyl/N-ethyl adjacent to an activating group) is 1. The lowest BCUT2D eigenvalue weighted by molar-refractivity contribution is 0.124. The normalized spacial score (nSPS) is 13.1. The van der Waals surface area contributed by atoms with Crippen LogP contribution in [0.15, 0.2) is 52.3 Å². The van der Waals surface area contributed by atoms with Crippen molar-refractivity contribution in [3.05, 3.63) is 47.5 Å². The maximum Gasteiger partial charge on any atom is 0.0646 e. The van der Waals surface area contributed by atoms with Gasteiger partial charge in [0.1, 0.15) is 0 Å². The van der Waals surface area contributed by atoms with Crippen LogP contribution in [0.3, 0.4) is 0 Å². The van der Waals surface area contributed by atoms with Gasteiger partial charge in [-0.3, -0.25) is 0 Å². The molecule has 5 heteroatoms. The van der Waals surface area contributed by atoms with E-state index in [0.717, 1.165) is 30.4 Å². The lowest BCUT2D eigenvalue weighted by atomic mass is 10.2. The third kappa shape index (κ3) is 4.01. The lowest BCUT2D eigenvalue weighted by Gasteiger charge is -2.32. The number of nitrogens with zero attached hydrogens (tertiary/aromatic N) is 2. The van der Waals surface area contributed by atoms with Gasteiger partial charge in [-0.2, -0.15) is 0 Å². The first-order valence-corrected chi connectivity index (χ1v) is 8.91. The lowest BCUT2D eigenvalue weighted by Crippen LogP contribution is -2.26. The van der Waals surface area contributed by atoms with E-state index in [9.17, 15) is 0 Å². The van der Waals surface area contributed by atoms with Gasteiger partial charge in [-0.1, -0.05) is 35.5 Å². The van der Waals surface area contributed by atoms with Crippen molar-refractivity contribution in [2.45, 2.75) is 9.79 Å². The smallest absolute Gasteiger partial charge is 0.0646 e. The average Bonchev–Trinajstić information content (AvgIpc) is 2.54. The molecular formula is C18H21ClN2OS. The molecule has 3 nitrogen and oxygen atoms in total. The van der Waals surface area contributed by atoms with E-state index in [4.69, 9.17) is 16.3 Å². The van der Waals surface area contributed by atoms with Crippen LogP contribution in [-0.2, 0) is 4.74 Å². The summed E-state index contributed by atoms with van der Waals surface area (Å²) in [5.41, 5.74) is 2.39. The fraction of sp³-hybridized carbons (Fsp3) is 0.333. The van der Waals surface area contributed by atoms with E-state index >= 15 is 0 Å². The van der Waals surface area contributed by atoms with Crippen LogP contribution in [0.2, 0.25) is 5.02 Å². The number of fused-ring (bicyclic) bond motifs is 2. The van der Waals surface area contributed by atoms with Gasteiger partial charge in [-0.15, -0.1) is 0 Å². The van der Waals surface area contributed by atoms with E-state index in [0.29, 0.717) is 6.61 Å². The van der Waals surface area contributed by atoms with E-state index in [1.54, 1.807) is 11.8 Å². The minimum absolute atomic E-state index is 0.693. The molecule has 23 heavy (non-hydrogen) atoms. The number of ether oxygens (including phenoxy) is 1. The van der Waals surface area contributed by atoms with E-state index in [1.165, 1.54) is 15.5 Å². The second-order valence-corrected chi connectivity index (χ2v) is 7.27. The Labute approximate surface area is 147 Å². The highest BCUT2D eigenvalue weighted by atomic mass is 35.5. The van der Waals surface area contributed by atoms with Crippen LogP contribution in [0.4, 0.5) is 11.4 Å². The van der Waals surface area contributed by atoms with Crippen LogP contribution in [0.25, 0.3) is 0 Å². The first-order valence-electron chi connectivity index (χ1n) is 7.71. The zero-order chi connectivity index (χ0) is 16.2. The molecule has 1 aliphatic heterocycles. The predicted molar refractivity (Wildman–Crippen MR) is 98.4 cm³/mol. The number of hydrogen-bond acceptors (Lipinski definition) is 4. The van der Waals surface area contributed by atoms with E-state index in [2.05, 4.69) is 54.2 Å². The molecule has 0 saturated carbocycles. The molecule has 0 unspecified atom stereocenters. The number of anilines is 2. The van der Waals surface area contributed by atoms with Gasteiger partial charge in [0.2, 0.25) is 0 Å². The van der Waals surface area contributed by atoms with E-state index < -0.39 is 0 Å². The summed E-state index contributed by atoms with van der Waals surface area (Å²) in [5.74, 6) is 0. The molecule has 0 N–H and O–H groups in total. The summed E-state index contributed by atoms with van der Waals surface area (Å²) in [6.45, 7) is 3.20. The number of para-hydroxylation sites is 1. The van der Waals surface area contributed by atoms with Gasteiger partial charge in [0, 0.05) is 27.9 Å². The molecule has 0 bridgehead atoms. The van der Waals surface area contributed by atoms with E-state index in [-0.39, 0.29) is 0 Å². The van der Waals surface area contributed by atoms with Crippen molar-refractivity contribution < 1.29 is 4.74 Å². The van der Waals surface area contributed by atoms with Crippen molar-refractivity contribution in [3.8, 4) is 0 Å². The minimum atomic E-state index is 0.693. The summed E-state index contributed by atoms with van der Waals surface area (Å²) < 4.78 is 5.78. The fourth-order valence-electron chi connectivity index (χ4n) is 2.55. The summed E-state index contributed by atoms with van der Waals surface area (Å²) in [6, 6.07) is 14.6. The summed E-state index contributed by atoms with van der Waals surface area (Å²) in [4.78, 5) is 6.95. The average molecular weight is 349 g/mol. The maximum atomic E-state index is 6.21. The zero-order valence-corrected chi connectivity index (χ0v) is 15.0. The first kappa shape index (κ1) is 16.7. The largest absolute Gasteiger partial charge is 0.378 e. The van der Waals surface area contributed by atoms with Crippen LogP contribution in [0.5, 0.6) is 0 Å². The molecule has 0 saturated heterocycles. The summed E-state index contributed by atoms with van der Waals surface area (Å²) in [6.07, 6.45) is 0. The van der Waals surface area contributed by atoms with Crippen LogP contribution < -0.4 is 4.90 Å². The third-order valence-corrected chi connectivity index (χ3v) is 5.10. The van der Waals surface area contributed by atoms with Crippen LogP contribution in [0, 0.1) is 0 Å². The van der Waals surface area contributed by atoms with Crippen molar-refractivity contribution in [2.75, 3.05) is 45.3 Å². The first-order chi connectivity index (χ1) is 11.1. The van der Waals surface area contributed by atoms with Crippen molar-refractivity contribution in [1.82, 2.24) is 4.90 Å². The Morgan fingerprint density at radius 2 is 1.83 bits per heavy atom. The maximum absolute atomic E-state index is 6.21. The van der Waals surface area contributed by atoms with Crippen LogP contribution in [-0.4, -0.2) is 45.3 Å². The predicted octanol–water partition coefficient (Wildman–Crippen LogP) is 4.52. The molecular weight excluding hydrogens is 328 g/mol. The van der Waals surface area contributed by atoms with Gasteiger partial charge in [0.25, 0.3) is 0 Å². The van der Waals surface area contributed by atoms with Crippen LogP contribution in [0.1, 0.15) is 0 Å². The SMILES string of the molecule is CN(C)CCOCCN1c2ccccc2Sc2ccc(Cl)cc21. The van der Waals surface area contributed by atoms with Gasteiger partial charge in [0.05, 0.1) is 24.6 Å².